The fourth-order valence-electron chi connectivity index (χ4n) is 3.58. The molecule has 0 saturated heterocycles. The van der Waals surface area contributed by atoms with Crippen LogP contribution in [-0.2, 0) is 32.6 Å². The predicted molar refractivity (Wildman–Crippen MR) is 137 cm³/mol. The summed E-state index contributed by atoms with van der Waals surface area (Å²) in [5.41, 5.74) is 1.71. The Hall–Kier alpha value is -2.91. The lowest BCUT2D eigenvalue weighted by Gasteiger charge is -2.32. The molecule has 192 valence electrons. The van der Waals surface area contributed by atoms with Crippen molar-refractivity contribution in [1.29, 1.82) is 0 Å². The van der Waals surface area contributed by atoms with E-state index in [4.69, 9.17) is 4.74 Å². The quantitative estimate of drug-likeness (QED) is 0.400. The summed E-state index contributed by atoms with van der Waals surface area (Å²) in [7, 11) is -0.639. The van der Waals surface area contributed by atoms with Gasteiger partial charge < -0.3 is 15.0 Å². The predicted octanol–water partition coefficient (Wildman–Crippen LogP) is 2.83. The van der Waals surface area contributed by atoms with Crippen LogP contribution in [0, 0.1) is 0 Å². The number of nitrogens with one attached hydrogen (secondary N) is 1. The number of sulfonamides is 1. The number of hydrogen-bond acceptors (Lipinski definition) is 5. The highest BCUT2D eigenvalue weighted by Crippen LogP contribution is 2.18. The molecule has 0 aromatic heterocycles. The summed E-state index contributed by atoms with van der Waals surface area (Å²) < 4.78 is 30.2. The zero-order valence-electron chi connectivity index (χ0n) is 21.1. The van der Waals surface area contributed by atoms with E-state index in [1.807, 2.05) is 42.5 Å². The first kappa shape index (κ1) is 28.3. The van der Waals surface area contributed by atoms with Gasteiger partial charge in [0.2, 0.25) is 21.8 Å². The molecule has 0 spiro atoms. The maximum atomic E-state index is 13.5. The molecule has 2 rings (SSSR count). The van der Waals surface area contributed by atoms with Gasteiger partial charge in [-0.05, 0) is 29.7 Å². The third-order valence-electron chi connectivity index (χ3n) is 5.79. The highest BCUT2D eigenvalue weighted by atomic mass is 32.2. The first-order valence-corrected chi connectivity index (χ1v) is 13.7. The fraction of sp³-hybridized carbons (Fsp3) is 0.462. The average molecular weight is 504 g/mol. The summed E-state index contributed by atoms with van der Waals surface area (Å²) in [6, 6.07) is 15.9. The number of carbonyl (C=O) groups excluding carboxylic acids is 2. The van der Waals surface area contributed by atoms with Crippen LogP contribution in [0.25, 0.3) is 0 Å². The van der Waals surface area contributed by atoms with Gasteiger partial charge >= 0.3 is 0 Å². The maximum absolute atomic E-state index is 13.5. The van der Waals surface area contributed by atoms with Crippen molar-refractivity contribution in [2.45, 2.75) is 45.2 Å². The molecule has 0 aliphatic rings. The van der Waals surface area contributed by atoms with Crippen LogP contribution in [0.4, 0.5) is 0 Å². The molecule has 0 fully saturated rings. The van der Waals surface area contributed by atoms with Gasteiger partial charge in [-0.3, -0.25) is 9.59 Å². The number of likely N-dealkylation sites (N-methyl/N-ethyl adjacent to an activating group) is 1. The van der Waals surface area contributed by atoms with Crippen LogP contribution in [0.5, 0.6) is 5.75 Å². The van der Waals surface area contributed by atoms with Gasteiger partial charge in [-0.15, -0.1) is 0 Å². The Morgan fingerprint density at radius 2 is 1.66 bits per heavy atom. The lowest BCUT2D eigenvalue weighted by molar-refractivity contribution is -0.141. The summed E-state index contributed by atoms with van der Waals surface area (Å²) in [5.74, 6) is -0.0230. The Kier molecular flexibility index (Phi) is 11.2. The number of hydrogen-bond donors (Lipinski definition) is 1. The van der Waals surface area contributed by atoms with Crippen LogP contribution < -0.4 is 10.1 Å². The average Bonchev–Trinajstić information content (AvgIpc) is 2.84. The zero-order valence-corrected chi connectivity index (χ0v) is 21.9. The van der Waals surface area contributed by atoms with Crippen LogP contribution in [0.1, 0.15) is 37.3 Å². The lowest BCUT2D eigenvalue weighted by atomic mass is 10.0. The van der Waals surface area contributed by atoms with E-state index in [-0.39, 0.29) is 19.0 Å². The second-order valence-corrected chi connectivity index (χ2v) is 10.7. The third kappa shape index (κ3) is 9.33. The van der Waals surface area contributed by atoms with Crippen molar-refractivity contribution < 1.29 is 22.7 Å². The van der Waals surface area contributed by atoms with Crippen molar-refractivity contribution in [3.05, 3.63) is 65.7 Å². The third-order valence-corrected chi connectivity index (χ3v) is 7.05. The van der Waals surface area contributed by atoms with Gasteiger partial charge in [0.1, 0.15) is 11.8 Å². The van der Waals surface area contributed by atoms with Gasteiger partial charge in [-0.25, -0.2) is 8.42 Å². The number of unbranched alkanes of at least 4 members (excludes halogenated alkanes) is 2. The zero-order chi connectivity index (χ0) is 25.8. The Morgan fingerprint density at radius 1 is 1.00 bits per heavy atom. The van der Waals surface area contributed by atoms with E-state index in [1.54, 1.807) is 19.2 Å². The van der Waals surface area contributed by atoms with Crippen LogP contribution in [-0.4, -0.2) is 69.0 Å². The van der Waals surface area contributed by atoms with Gasteiger partial charge in [0.15, 0.2) is 0 Å². The number of nitrogens with zero attached hydrogens (tertiary/aromatic N) is 2. The molecule has 0 radical (unpaired) electrons. The van der Waals surface area contributed by atoms with Crippen molar-refractivity contribution in [3.63, 3.8) is 0 Å². The molecule has 2 aromatic rings. The largest absolute Gasteiger partial charge is 0.497 e. The number of carbonyl (C=O) groups is 2. The molecule has 8 nitrogen and oxygen atoms in total. The minimum atomic E-state index is -3.57. The number of methoxy groups -OCH3 is 1. The smallest absolute Gasteiger partial charge is 0.243 e. The number of rotatable bonds is 14. The van der Waals surface area contributed by atoms with Gasteiger partial charge in [0.25, 0.3) is 0 Å². The molecule has 1 unspecified atom stereocenters. The molecule has 0 aliphatic heterocycles. The van der Waals surface area contributed by atoms with E-state index < -0.39 is 22.0 Å². The SMILES string of the molecule is CCCCCNC(=O)C(Cc1ccccc1)N(Cc1ccc(OC)cc1)C(=O)CN(C)S(C)(=O)=O. The Labute approximate surface area is 209 Å². The monoisotopic (exact) mass is 503 g/mol. The molecule has 1 N–H and O–H groups in total. The first-order valence-electron chi connectivity index (χ1n) is 11.8. The van der Waals surface area contributed by atoms with Crippen LogP contribution >= 0.6 is 0 Å². The summed E-state index contributed by atoms with van der Waals surface area (Å²) in [5, 5.41) is 2.98. The number of ether oxygens (including phenoxy) is 1. The molecule has 0 saturated carbocycles. The van der Waals surface area contributed by atoms with Crippen molar-refractivity contribution in [2.24, 2.45) is 0 Å². The van der Waals surface area contributed by atoms with Crippen molar-refractivity contribution >= 4 is 21.8 Å². The Bertz CT molecular complexity index is 1040. The molecule has 2 amide bonds. The van der Waals surface area contributed by atoms with Gasteiger partial charge in [-0.1, -0.05) is 62.2 Å². The molecule has 0 bridgehead atoms. The molecular weight excluding hydrogens is 466 g/mol. The van der Waals surface area contributed by atoms with Crippen LogP contribution in [0.2, 0.25) is 0 Å². The molecule has 9 heteroatoms. The minimum Gasteiger partial charge on any atom is -0.497 e. The van der Waals surface area contributed by atoms with E-state index >= 15 is 0 Å². The fourth-order valence-corrected chi connectivity index (χ4v) is 3.93. The lowest BCUT2D eigenvalue weighted by Crippen LogP contribution is -2.53. The molecule has 0 aliphatic carbocycles. The van der Waals surface area contributed by atoms with Gasteiger partial charge in [0.05, 0.1) is 19.9 Å². The second-order valence-electron chi connectivity index (χ2n) is 8.59. The van der Waals surface area contributed by atoms with Crippen LogP contribution in [0.15, 0.2) is 54.6 Å². The molecule has 35 heavy (non-hydrogen) atoms. The summed E-state index contributed by atoms with van der Waals surface area (Å²) >= 11 is 0. The van der Waals surface area contributed by atoms with Crippen molar-refractivity contribution in [2.75, 3.05) is 33.5 Å². The number of amides is 2. The molecule has 1 atom stereocenters. The molecule has 0 heterocycles. The highest BCUT2D eigenvalue weighted by Gasteiger charge is 2.31. The van der Waals surface area contributed by atoms with E-state index in [9.17, 15) is 18.0 Å². The number of benzene rings is 2. The maximum Gasteiger partial charge on any atom is 0.243 e. The van der Waals surface area contributed by atoms with Gasteiger partial charge in [0, 0.05) is 26.6 Å². The summed E-state index contributed by atoms with van der Waals surface area (Å²) in [6.45, 7) is 2.41. The summed E-state index contributed by atoms with van der Waals surface area (Å²) in [6.07, 6.45) is 4.24. The van der Waals surface area contributed by atoms with Gasteiger partial charge in [-0.2, -0.15) is 4.31 Å². The minimum absolute atomic E-state index is 0.153. The van der Waals surface area contributed by atoms with Crippen molar-refractivity contribution in [3.8, 4) is 5.75 Å². The Balaban J connectivity index is 2.39. The highest BCUT2D eigenvalue weighted by molar-refractivity contribution is 7.88. The topological polar surface area (TPSA) is 96.0 Å². The van der Waals surface area contributed by atoms with E-state index in [0.29, 0.717) is 18.7 Å². The van der Waals surface area contributed by atoms with E-state index in [2.05, 4.69) is 12.2 Å². The first-order chi connectivity index (χ1) is 16.7. The summed E-state index contributed by atoms with van der Waals surface area (Å²) in [4.78, 5) is 28.3. The van der Waals surface area contributed by atoms with Crippen molar-refractivity contribution in [1.82, 2.24) is 14.5 Å². The normalized spacial score (nSPS) is 12.3. The Morgan fingerprint density at radius 3 is 2.23 bits per heavy atom. The molecule has 2 aromatic carbocycles. The van der Waals surface area contributed by atoms with Crippen LogP contribution in [0.3, 0.4) is 0 Å². The van der Waals surface area contributed by atoms with E-state index in [1.165, 1.54) is 11.9 Å². The second kappa shape index (κ2) is 13.8. The molecular formula is C26H37N3O5S. The van der Waals surface area contributed by atoms with E-state index in [0.717, 1.165) is 41.0 Å². The standard InChI is InChI=1S/C26H37N3O5S/c1-5-6-10-17-27-26(31)24(18-21-11-8-7-9-12-21)29(25(30)20-28(2)35(4,32)33)19-22-13-15-23(34-3)16-14-22/h7-9,11-16,24H,5-6,10,17-20H2,1-4H3,(H,27,31).